The number of alkyl halides is 3. The van der Waals surface area contributed by atoms with Crippen LogP contribution in [0.4, 0.5) is 18.9 Å². The van der Waals surface area contributed by atoms with Gasteiger partial charge in [-0.2, -0.15) is 13.2 Å². The van der Waals surface area contributed by atoms with E-state index in [-0.39, 0.29) is 35.9 Å². The van der Waals surface area contributed by atoms with Gasteiger partial charge in [-0.25, -0.2) is 4.79 Å². The molecule has 1 atom stereocenters. The third-order valence-corrected chi connectivity index (χ3v) is 5.87. The third-order valence-electron chi connectivity index (χ3n) is 5.87. The number of halogens is 3. The summed E-state index contributed by atoms with van der Waals surface area (Å²) in [7, 11) is 0. The number of Topliss-reactive ketones (excluding diaryl/α,β-unsaturated/α-hetero) is 1. The molecule has 172 valence electrons. The van der Waals surface area contributed by atoms with Gasteiger partial charge in [0.05, 0.1) is 29.3 Å². The Morgan fingerprint density at radius 2 is 1.76 bits per heavy atom. The number of allylic oxidation sites excluding steroid dienone is 2. The van der Waals surface area contributed by atoms with Gasteiger partial charge in [0.25, 0.3) is 0 Å². The number of carbonyl (C=O) groups excluding carboxylic acids is 2. The number of ketones is 1. The fraction of sp³-hybridized carbons (Fsp3) is 0.280. The van der Waals surface area contributed by atoms with Crippen LogP contribution < -0.4 is 10.6 Å². The second-order valence-electron chi connectivity index (χ2n) is 7.85. The van der Waals surface area contributed by atoms with Crippen LogP contribution in [0.15, 0.2) is 77.3 Å². The highest BCUT2D eigenvalue weighted by atomic mass is 19.4. The van der Waals surface area contributed by atoms with E-state index in [9.17, 15) is 22.8 Å². The van der Waals surface area contributed by atoms with Crippen molar-refractivity contribution in [1.29, 1.82) is 0 Å². The molecule has 0 unspecified atom stereocenters. The molecular formula is C25H23F3N2O3. The standard InChI is InChI=1S/C25H23F3N2O3/c1-2-33-24(32)22-20(15-9-4-3-5-10-15)21-18(13-8-14-19(21)31)30(23(22)29)17-12-7-6-11-16(17)25(26,27)28/h3-7,9-12,20H,2,8,13-14,29H2,1H3/t20-/m1/s1. The minimum absolute atomic E-state index is 0.0333. The molecular weight excluding hydrogens is 433 g/mol. The van der Waals surface area contributed by atoms with E-state index in [2.05, 4.69) is 0 Å². The first-order valence-electron chi connectivity index (χ1n) is 10.7. The quantitative estimate of drug-likeness (QED) is 0.652. The van der Waals surface area contributed by atoms with E-state index >= 15 is 0 Å². The van der Waals surface area contributed by atoms with Crippen molar-refractivity contribution in [2.24, 2.45) is 5.73 Å². The molecule has 0 amide bonds. The van der Waals surface area contributed by atoms with E-state index in [1.54, 1.807) is 37.3 Å². The van der Waals surface area contributed by atoms with Crippen LogP contribution in [0.1, 0.15) is 43.2 Å². The van der Waals surface area contributed by atoms with Crippen LogP contribution in [0.5, 0.6) is 0 Å². The van der Waals surface area contributed by atoms with Crippen molar-refractivity contribution in [3.8, 4) is 0 Å². The Labute approximate surface area is 189 Å². The predicted octanol–water partition coefficient (Wildman–Crippen LogP) is 5.05. The van der Waals surface area contributed by atoms with E-state index in [0.717, 1.165) is 6.07 Å². The molecule has 33 heavy (non-hydrogen) atoms. The van der Waals surface area contributed by atoms with Gasteiger partial charge < -0.3 is 10.5 Å². The molecule has 5 nitrogen and oxygen atoms in total. The van der Waals surface area contributed by atoms with Gasteiger partial charge in [0.15, 0.2) is 5.78 Å². The highest BCUT2D eigenvalue weighted by Gasteiger charge is 2.45. The van der Waals surface area contributed by atoms with Crippen molar-refractivity contribution in [1.82, 2.24) is 0 Å². The summed E-state index contributed by atoms with van der Waals surface area (Å²) >= 11 is 0. The molecule has 0 radical (unpaired) electrons. The number of carbonyl (C=O) groups is 2. The van der Waals surface area contributed by atoms with Gasteiger partial charge in [0.1, 0.15) is 5.82 Å². The summed E-state index contributed by atoms with van der Waals surface area (Å²) in [4.78, 5) is 27.5. The molecule has 0 fully saturated rings. The van der Waals surface area contributed by atoms with Crippen LogP contribution in [-0.4, -0.2) is 18.4 Å². The fourth-order valence-electron chi connectivity index (χ4n) is 4.56. The van der Waals surface area contributed by atoms with Gasteiger partial charge >= 0.3 is 12.1 Å². The maximum absolute atomic E-state index is 13.9. The number of rotatable bonds is 4. The SMILES string of the molecule is CCOC(=O)C1=C(N)N(c2ccccc2C(F)(F)F)C2=C(C(=O)CCC2)[C@H]1c1ccccc1. The Bertz CT molecular complexity index is 1150. The molecule has 1 heterocycles. The zero-order valence-electron chi connectivity index (χ0n) is 18.0. The van der Waals surface area contributed by atoms with E-state index < -0.39 is 23.6 Å². The highest BCUT2D eigenvalue weighted by molar-refractivity contribution is 6.05. The van der Waals surface area contributed by atoms with Gasteiger partial charge in [0.2, 0.25) is 0 Å². The van der Waals surface area contributed by atoms with E-state index in [0.29, 0.717) is 29.7 Å². The van der Waals surface area contributed by atoms with Crippen molar-refractivity contribution in [3.63, 3.8) is 0 Å². The summed E-state index contributed by atoms with van der Waals surface area (Å²) in [6.07, 6.45) is -3.58. The predicted molar refractivity (Wildman–Crippen MR) is 117 cm³/mol. The van der Waals surface area contributed by atoms with Gasteiger partial charge in [-0.1, -0.05) is 42.5 Å². The summed E-state index contributed by atoms with van der Waals surface area (Å²) in [6.45, 7) is 1.68. The molecule has 0 saturated carbocycles. The number of hydrogen-bond acceptors (Lipinski definition) is 5. The van der Waals surface area contributed by atoms with Crippen LogP contribution >= 0.6 is 0 Å². The van der Waals surface area contributed by atoms with Crippen molar-refractivity contribution in [3.05, 3.63) is 88.4 Å². The van der Waals surface area contributed by atoms with Crippen LogP contribution in [0.2, 0.25) is 0 Å². The Balaban J connectivity index is 2.04. The average Bonchev–Trinajstić information content (AvgIpc) is 2.78. The zero-order chi connectivity index (χ0) is 23.8. The molecule has 0 spiro atoms. The maximum Gasteiger partial charge on any atom is 0.418 e. The van der Waals surface area contributed by atoms with Gasteiger partial charge in [0, 0.05) is 17.7 Å². The van der Waals surface area contributed by atoms with E-state index in [1.807, 2.05) is 0 Å². The minimum atomic E-state index is -4.66. The van der Waals surface area contributed by atoms with Gasteiger partial charge in [-0.15, -0.1) is 0 Å². The topological polar surface area (TPSA) is 72.6 Å². The molecule has 1 aliphatic heterocycles. The fourth-order valence-corrected chi connectivity index (χ4v) is 4.56. The van der Waals surface area contributed by atoms with Crippen molar-refractivity contribution in [2.75, 3.05) is 11.5 Å². The number of nitrogens with zero attached hydrogens (tertiary/aromatic N) is 1. The number of anilines is 1. The largest absolute Gasteiger partial charge is 0.463 e. The second-order valence-corrected chi connectivity index (χ2v) is 7.85. The van der Waals surface area contributed by atoms with E-state index in [1.165, 1.54) is 23.1 Å². The molecule has 2 aromatic rings. The molecule has 4 rings (SSSR count). The summed E-state index contributed by atoms with van der Waals surface area (Å²) in [6, 6.07) is 13.9. The lowest BCUT2D eigenvalue weighted by atomic mass is 9.75. The minimum Gasteiger partial charge on any atom is -0.463 e. The molecule has 1 aliphatic carbocycles. The monoisotopic (exact) mass is 456 g/mol. The van der Waals surface area contributed by atoms with Crippen LogP contribution in [-0.2, 0) is 20.5 Å². The molecule has 2 N–H and O–H groups in total. The molecule has 0 aromatic heterocycles. The Morgan fingerprint density at radius 1 is 1.09 bits per heavy atom. The second kappa shape index (κ2) is 8.77. The number of ether oxygens (including phenoxy) is 1. The lowest BCUT2D eigenvalue weighted by molar-refractivity contribution is -0.139. The summed E-state index contributed by atoms with van der Waals surface area (Å²) in [5.74, 6) is -1.95. The lowest BCUT2D eigenvalue weighted by Gasteiger charge is -2.41. The number of hydrogen-bond donors (Lipinski definition) is 1. The third kappa shape index (κ3) is 4.01. The number of esters is 1. The van der Waals surface area contributed by atoms with Gasteiger partial charge in [-0.05, 0) is 37.5 Å². The maximum atomic E-state index is 13.9. The van der Waals surface area contributed by atoms with E-state index in [4.69, 9.17) is 10.5 Å². The normalized spacial score (nSPS) is 19.0. The Kier molecular flexibility index (Phi) is 6.01. The number of benzene rings is 2. The summed E-state index contributed by atoms with van der Waals surface area (Å²) < 4.78 is 46.9. The first-order valence-corrected chi connectivity index (χ1v) is 10.7. The molecule has 0 saturated heterocycles. The van der Waals surface area contributed by atoms with Crippen molar-refractivity contribution >= 4 is 17.4 Å². The first-order chi connectivity index (χ1) is 15.8. The number of para-hydroxylation sites is 1. The molecule has 8 heteroatoms. The van der Waals surface area contributed by atoms with Crippen LogP contribution in [0.3, 0.4) is 0 Å². The zero-order valence-corrected chi connectivity index (χ0v) is 18.0. The molecule has 0 bridgehead atoms. The molecule has 2 aromatic carbocycles. The lowest BCUT2D eigenvalue weighted by Crippen LogP contribution is -2.41. The van der Waals surface area contributed by atoms with Crippen LogP contribution in [0, 0.1) is 0 Å². The summed E-state index contributed by atoms with van der Waals surface area (Å²) in [5.41, 5.74) is 6.64. The van der Waals surface area contributed by atoms with Crippen molar-refractivity contribution < 1.29 is 27.5 Å². The van der Waals surface area contributed by atoms with Crippen LogP contribution in [0.25, 0.3) is 0 Å². The van der Waals surface area contributed by atoms with Crippen molar-refractivity contribution in [2.45, 2.75) is 38.3 Å². The Morgan fingerprint density at radius 3 is 2.42 bits per heavy atom. The first kappa shape index (κ1) is 22.6. The number of nitrogens with two attached hydrogens (primary N) is 1. The summed E-state index contributed by atoms with van der Waals surface area (Å²) in [5, 5.41) is 0. The van der Waals surface area contributed by atoms with Gasteiger partial charge in [-0.3, -0.25) is 9.69 Å². The Hall–Kier alpha value is -3.55. The average molecular weight is 456 g/mol. The smallest absolute Gasteiger partial charge is 0.418 e. The highest BCUT2D eigenvalue weighted by Crippen LogP contribution is 2.48. The molecule has 2 aliphatic rings.